The van der Waals surface area contributed by atoms with Crippen molar-refractivity contribution in [2.75, 3.05) is 7.11 Å². The molecule has 0 saturated carbocycles. The van der Waals surface area contributed by atoms with Crippen LogP contribution in [0.5, 0.6) is 5.75 Å². The number of halogens is 1. The summed E-state index contributed by atoms with van der Waals surface area (Å²) in [4.78, 5) is 11.1. The molecule has 2 N–H and O–H groups in total. The van der Waals surface area contributed by atoms with Gasteiger partial charge in [0.05, 0.1) is 7.11 Å². The summed E-state index contributed by atoms with van der Waals surface area (Å²) < 4.78 is 5.28. The number of rotatable bonds is 3. The molecular weight excluding hydrogens is 250 g/mol. The van der Waals surface area contributed by atoms with Crippen LogP contribution in [0.1, 0.15) is 10.4 Å². The lowest BCUT2D eigenvalue weighted by molar-refractivity contribution is 0.1000. The minimum absolute atomic E-state index is 0. The lowest BCUT2D eigenvalue weighted by Gasteiger charge is -2.09. The monoisotopic (exact) mass is 263 g/mol. The average molecular weight is 264 g/mol. The number of carbonyl (C=O) groups is 1. The van der Waals surface area contributed by atoms with E-state index in [9.17, 15) is 4.79 Å². The molecule has 0 atom stereocenters. The summed E-state index contributed by atoms with van der Waals surface area (Å²) in [5, 5.41) is 0. The molecule has 94 valence electrons. The van der Waals surface area contributed by atoms with Gasteiger partial charge in [0.1, 0.15) is 5.75 Å². The van der Waals surface area contributed by atoms with Crippen molar-refractivity contribution >= 4 is 18.3 Å². The van der Waals surface area contributed by atoms with Crippen molar-refractivity contribution in [1.82, 2.24) is 0 Å². The third-order valence-corrected chi connectivity index (χ3v) is 2.57. The van der Waals surface area contributed by atoms with Gasteiger partial charge in [-0.2, -0.15) is 0 Å². The Kier molecular flexibility index (Phi) is 4.75. The van der Waals surface area contributed by atoms with Gasteiger partial charge in [0, 0.05) is 11.1 Å². The molecule has 2 aromatic carbocycles. The summed E-state index contributed by atoms with van der Waals surface area (Å²) >= 11 is 0. The number of amides is 1. The third kappa shape index (κ3) is 2.81. The maximum Gasteiger partial charge on any atom is 0.248 e. The predicted octanol–water partition coefficient (Wildman–Crippen LogP) is 2.88. The van der Waals surface area contributed by atoms with Crippen molar-refractivity contribution in [2.24, 2.45) is 5.73 Å². The maximum absolute atomic E-state index is 11.1. The lowest BCUT2D eigenvalue weighted by atomic mass is 10.0. The van der Waals surface area contributed by atoms with Gasteiger partial charge in [-0.1, -0.05) is 30.3 Å². The third-order valence-electron chi connectivity index (χ3n) is 2.57. The van der Waals surface area contributed by atoms with E-state index in [1.165, 1.54) is 0 Å². The molecule has 0 saturated heterocycles. The van der Waals surface area contributed by atoms with Gasteiger partial charge in [-0.25, -0.2) is 0 Å². The van der Waals surface area contributed by atoms with Crippen LogP contribution in [0.3, 0.4) is 0 Å². The number of nitrogens with two attached hydrogens (primary N) is 1. The maximum atomic E-state index is 11.1. The first-order valence-electron chi connectivity index (χ1n) is 5.25. The van der Waals surface area contributed by atoms with Gasteiger partial charge in [-0.3, -0.25) is 4.79 Å². The molecule has 2 aromatic rings. The normalized spacial score (nSPS) is 9.39. The van der Waals surface area contributed by atoms with E-state index in [1.807, 2.05) is 36.4 Å². The second-order valence-electron chi connectivity index (χ2n) is 3.65. The molecule has 0 heterocycles. The zero-order valence-electron chi connectivity index (χ0n) is 9.92. The van der Waals surface area contributed by atoms with Gasteiger partial charge in [-0.05, 0) is 23.8 Å². The van der Waals surface area contributed by atoms with Crippen molar-refractivity contribution < 1.29 is 9.53 Å². The van der Waals surface area contributed by atoms with Crippen LogP contribution >= 0.6 is 12.4 Å². The Morgan fingerprint density at radius 2 is 1.78 bits per heavy atom. The minimum atomic E-state index is -0.456. The summed E-state index contributed by atoms with van der Waals surface area (Å²) in [5.74, 6) is 0.190. The Labute approximate surface area is 112 Å². The zero-order valence-corrected chi connectivity index (χ0v) is 10.7. The first kappa shape index (κ1) is 14.1. The van der Waals surface area contributed by atoms with Crippen LogP contribution in [-0.2, 0) is 0 Å². The Morgan fingerprint density at radius 3 is 2.33 bits per heavy atom. The number of carbonyl (C=O) groups excluding carboxylic acids is 1. The van der Waals surface area contributed by atoms with Crippen LogP contribution in [0.4, 0.5) is 0 Å². The van der Waals surface area contributed by atoms with E-state index in [0.29, 0.717) is 11.3 Å². The van der Waals surface area contributed by atoms with Gasteiger partial charge in [0.25, 0.3) is 0 Å². The van der Waals surface area contributed by atoms with Crippen LogP contribution in [-0.4, -0.2) is 13.0 Å². The fraction of sp³-hybridized carbons (Fsp3) is 0.0714. The first-order chi connectivity index (χ1) is 8.22. The fourth-order valence-corrected chi connectivity index (χ4v) is 1.70. The number of methoxy groups -OCH3 is 1. The predicted molar refractivity (Wildman–Crippen MR) is 74.2 cm³/mol. The molecule has 1 amide bonds. The van der Waals surface area contributed by atoms with Crippen LogP contribution < -0.4 is 10.5 Å². The SMILES string of the molecule is COc1cc(C(N)=O)ccc1-c1ccccc1.Cl. The average Bonchev–Trinajstić information content (AvgIpc) is 2.39. The summed E-state index contributed by atoms with van der Waals surface area (Å²) in [5.41, 5.74) is 7.66. The molecule has 2 rings (SSSR count). The molecule has 0 aromatic heterocycles. The highest BCUT2D eigenvalue weighted by atomic mass is 35.5. The van der Waals surface area contributed by atoms with Crippen LogP contribution in [0.15, 0.2) is 48.5 Å². The zero-order chi connectivity index (χ0) is 12.3. The van der Waals surface area contributed by atoms with Crippen LogP contribution in [0.2, 0.25) is 0 Å². The summed E-state index contributed by atoms with van der Waals surface area (Å²) in [6.45, 7) is 0. The molecule has 3 nitrogen and oxygen atoms in total. The number of hydrogen-bond donors (Lipinski definition) is 1. The summed E-state index contributed by atoms with van der Waals surface area (Å²) in [7, 11) is 1.58. The van der Waals surface area contributed by atoms with Crippen molar-refractivity contribution in [3.05, 3.63) is 54.1 Å². The Hall–Kier alpha value is -2.00. The molecule has 0 fully saturated rings. The second-order valence-corrected chi connectivity index (χ2v) is 3.65. The van der Waals surface area contributed by atoms with Gasteiger partial charge < -0.3 is 10.5 Å². The van der Waals surface area contributed by atoms with Gasteiger partial charge in [0.2, 0.25) is 5.91 Å². The molecule has 18 heavy (non-hydrogen) atoms. The van der Waals surface area contributed by atoms with E-state index in [2.05, 4.69) is 0 Å². The molecule has 0 aliphatic heterocycles. The molecule has 0 aliphatic carbocycles. The lowest BCUT2D eigenvalue weighted by Crippen LogP contribution is -2.10. The van der Waals surface area contributed by atoms with Crippen molar-refractivity contribution in [3.8, 4) is 16.9 Å². The van der Waals surface area contributed by atoms with Crippen molar-refractivity contribution in [3.63, 3.8) is 0 Å². The highest BCUT2D eigenvalue weighted by Crippen LogP contribution is 2.30. The van der Waals surface area contributed by atoms with Gasteiger partial charge in [-0.15, -0.1) is 12.4 Å². The number of primary amides is 1. The molecule has 4 heteroatoms. The smallest absolute Gasteiger partial charge is 0.248 e. The summed E-state index contributed by atoms with van der Waals surface area (Å²) in [6.07, 6.45) is 0. The largest absolute Gasteiger partial charge is 0.496 e. The molecule has 0 spiro atoms. The topological polar surface area (TPSA) is 52.3 Å². The number of benzene rings is 2. The van der Waals surface area contributed by atoms with E-state index in [0.717, 1.165) is 11.1 Å². The molecule has 0 bridgehead atoms. The van der Waals surface area contributed by atoms with Crippen molar-refractivity contribution in [1.29, 1.82) is 0 Å². The molecular formula is C14H14ClNO2. The highest BCUT2D eigenvalue weighted by Gasteiger charge is 2.08. The number of ether oxygens (including phenoxy) is 1. The summed E-state index contributed by atoms with van der Waals surface area (Å²) in [6, 6.07) is 15.0. The molecule has 0 radical (unpaired) electrons. The van der Waals surface area contributed by atoms with E-state index in [4.69, 9.17) is 10.5 Å². The van der Waals surface area contributed by atoms with E-state index in [1.54, 1.807) is 19.2 Å². The Bertz CT molecular complexity index is 541. The Morgan fingerprint density at radius 1 is 1.11 bits per heavy atom. The van der Waals surface area contributed by atoms with E-state index in [-0.39, 0.29) is 12.4 Å². The van der Waals surface area contributed by atoms with Crippen LogP contribution in [0, 0.1) is 0 Å². The standard InChI is InChI=1S/C14H13NO2.ClH/c1-17-13-9-11(14(15)16)7-8-12(13)10-5-3-2-4-6-10;/h2-9H,1H3,(H2,15,16);1H. The number of hydrogen-bond acceptors (Lipinski definition) is 2. The highest BCUT2D eigenvalue weighted by molar-refractivity contribution is 5.94. The first-order valence-corrected chi connectivity index (χ1v) is 5.25. The molecule has 0 aliphatic rings. The fourth-order valence-electron chi connectivity index (χ4n) is 1.70. The second kappa shape index (κ2) is 6.07. The van der Waals surface area contributed by atoms with Crippen molar-refractivity contribution in [2.45, 2.75) is 0 Å². The van der Waals surface area contributed by atoms with Gasteiger partial charge in [0.15, 0.2) is 0 Å². The Balaban J connectivity index is 0.00000162. The minimum Gasteiger partial charge on any atom is -0.496 e. The van der Waals surface area contributed by atoms with Gasteiger partial charge >= 0.3 is 0 Å². The quantitative estimate of drug-likeness (QED) is 0.926. The van der Waals surface area contributed by atoms with Crippen LogP contribution in [0.25, 0.3) is 11.1 Å². The van der Waals surface area contributed by atoms with E-state index < -0.39 is 5.91 Å². The van der Waals surface area contributed by atoms with E-state index >= 15 is 0 Å². The molecule has 0 unspecified atom stereocenters.